The number of benzene rings is 1. The number of nitrogens with zero attached hydrogens (tertiary/aromatic N) is 1. The predicted octanol–water partition coefficient (Wildman–Crippen LogP) is 2.62. The van der Waals surface area contributed by atoms with E-state index in [1.165, 1.54) is 6.08 Å². The lowest BCUT2D eigenvalue weighted by molar-refractivity contribution is -0.385. The van der Waals surface area contributed by atoms with Crippen molar-refractivity contribution in [1.29, 1.82) is 0 Å². The lowest BCUT2D eigenvalue weighted by Gasteiger charge is -2.08. The highest BCUT2D eigenvalue weighted by atomic mass is 35.7. The molecular formula is C10H9ClFNO5S. The molecule has 0 unspecified atom stereocenters. The van der Waals surface area contributed by atoms with Crippen LogP contribution in [0.2, 0.25) is 0 Å². The van der Waals surface area contributed by atoms with Crippen molar-refractivity contribution in [1.82, 2.24) is 0 Å². The SMILES string of the molecule is C/C=C/COc1c(F)cc([N+](=O)[O-])cc1S(=O)(=O)Cl. The summed E-state index contributed by atoms with van der Waals surface area (Å²) in [5.74, 6) is -1.81. The summed E-state index contributed by atoms with van der Waals surface area (Å²) in [7, 11) is 0.740. The summed E-state index contributed by atoms with van der Waals surface area (Å²) in [4.78, 5) is 8.85. The zero-order valence-electron chi connectivity index (χ0n) is 9.67. The number of ether oxygens (including phenoxy) is 1. The summed E-state index contributed by atoms with van der Waals surface area (Å²) in [5, 5.41) is 10.6. The molecule has 6 nitrogen and oxygen atoms in total. The van der Waals surface area contributed by atoms with Crippen LogP contribution in [0.3, 0.4) is 0 Å². The fourth-order valence-corrected chi connectivity index (χ4v) is 2.19. The second-order valence-corrected chi connectivity index (χ2v) is 5.86. The third-order valence-corrected chi connectivity index (χ3v) is 3.35. The maximum Gasteiger partial charge on any atom is 0.273 e. The minimum absolute atomic E-state index is 0.0926. The molecule has 0 saturated heterocycles. The number of hydrogen-bond donors (Lipinski definition) is 0. The molecule has 0 saturated carbocycles. The molecule has 0 spiro atoms. The quantitative estimate of drug-likeness (QED) is 0.361. The van der Waals surface area contributed by atoms with Gasteiger partial charge in [0.25, 0.3) is 14.7 Å². The topological polar surface area (TPSA) is 86.5 Å². The molecule has 0 aromatic heterocycles. The summed E-state index contributed by atoms with van der Waals surface area (Å²) in [5.41, 5.74) is -0.727. The monoisotopic (exact) mass is 309 g/mol. The third kappa shape index (κ3) is 3.90. The van der Waals surface area contributed by atoms with Crippen LogP contribution >= 0.6 is 10.7 Å². The molecule has 0 aliphatic heterocycles. The highest BCUT2D eigenvalue weighted by Gasteiger charge is 2.25. The summed E-state index contributed by atoms with van der Waals surface area (Å²) in [6.07, 6.45) is 3.11. The molecule has 104 valence electrons. The Morgan fingerprint density at radius 1 is 1.53 bits per heavy atom. The Bertz CT molecular complexity index is 629. The van der Waals surface area contributed by atoms with E-state index in [1.54, 1.807) is 13.0 Å². The van der Waals surface area contributed by atoms with Crippen molar-refractivity contribution >= 4 is 25.4 Å². The van der Waals surface area contributed by atoms with Gasteiger partial charge in [-0.15, -0.1) is 0 Å². The molecular weight excluding hydrogens is 301 g/mol. The molecule has 0 atom stereocenters. The molecule has 0 N–H and O–H groups in total. The van der Waals surface area contributed by atoms with Crippen LogP contribution in [-0.4, -0.2) is 19.9 Å². The molecule has 0 amide bonds. The Balaban J connectivity index is 3.40. The number of rotatable bonds is 5. The van der Waals surface area contributed by atoms with E-state index in [1.807, 2.05) is 0 Å². The van der Waals surface area contributed by atoms with Crippen LogP contribution in [0.5, 0.6) is 5.75 Å². The third-order valence-electron chi connectivity index (χ3n) is 2.03. The van der Waals surface area contributed by atoms with Gasteiger partial charge < -0.3 is 4.74 Å². The molecule has 19 heavy (non-hydrogen) atoms. The van der Waals surface area contributed by atoms with Crippen LogP contribution in [0.1, 0.15) is 6.92 Å². The van der Waals surface area contributed by atoms with Crippen molar-refractivity contribution in [3.63, 3.8) is 0 Å². The fourth-order valence-electron chi connectivity index (χ4n) is 1.21. The average Bonchev–Trinajstić information content (AvgIpc) is 2.29. The zero-order chi connectivity index (χ0) is 14.6. The molecule has 9 heteroatoms. The van der Waals surface area contributed by atoms with Gasteiger partial charge in [0.15, 0.2) is 11.6 Å². The molecule has 0 fully saturated rings. The molecule has 0 aliphatic rings. The van der Waals surface area contributed by atoms with Gasteiger partial charge in [0.2, 0.25) is 0 Å². The number of non-ortho nitro benzene ring substituents is 1. The second-order valence-electron chi connectivity index (χ2n) is 3.33. The van der Waals surface area contributed by atoms with Crippen LogP contribution in [-0.2, 0) is 9.05 Å². The lowest BCUT2D eigenvalue weighted by atomic mass is 10.3. The highest BCUT2D eigenvalue weighted by molar-refractivity contribution is 8.13. The van der Waals surface area contributed by atoms with E-state index >= 15 is 0 Å². The largest absolute Gasteiger partial charge is 0.485 e. The first-order chi connectivity index (χ1) is 8.77. The van der Waals surface area contributed by atoms with E-state index in [9.17, 15) is 22.9 Å². The van der Waals surface area contributed by atoms with E-state index in [4.69, 9.17) is 15.4 Å². The van der Waals surface area contributed by atoms with E-state index in [-0.39, 0.29) is 6.61 Å². The first kappa shape index (κ1) is 15.4. The summed E-state index contributed by atoms with van der Waals surface area (Å²) in [6, 6.07) is 1.22. The van der Waals surface area contributed by atoms with Gasteiger partial charge in [-0.2, -0.15) is 0 Å². The Hall–Kier alpha value is -1.67. The predicted molar refractivity (Wildman–Crippen MR) is 66.4 cm³/mol. The Kier molecular flexibility index (Phi) is 4.84. The number of allylic oxidation sites excluding steroid dienone is 1. The molecule has 1 aromatic rings. The molecule has 0 radical (unpaired) electrons. The van der Waals surface area contributed by atoms with Gasteiger partial charge in [0.05, 0.1) is 11.0 Å². The number of halogens is 2. The van der Waals surface area contributed by atoms with Crippen LogP contribution < -0.4 is 4.74 Å². The van der Waals surface area contributed by atoms with Crippen LogP contribution in [0.15, 0.2) is 29.2 Å². The molecule has 0 heterocycles. The standard InChI is InChI=1S/C10H9ClFNO5S/c1-2-3-4-18-10-8(12)5-7(13(14)15)6-9(10)19(11,16)17/h2-3,5-6H,4H2,1H3/b3-2+. The average molecular weight is 310 g/mol. The van der Waals surface area contributed by atoms with E-state index in [0.717, 1.165) is 0 Å². The Morgan fingerprint density at radius 3 is 2.63 bits per heavy atom. The summed E-state index contributed by atoms with van der Waals surface area (Å²) in [6.45, 7) is 1.60. The minimum Gasteiger partial charge on any atom is -0.485 e. The van der Waals surface area contributed by atoms with Crippen LogP contribution in [0.25, 0.3) is 0 Å². The number of nitro groups is 1. The summed E-state index contributed by atoms with van der Waals surface area (Å²) < 4.78 is 41.2. The Labute approximate surface area is 113 Å². The van der Waals surface area contributed by atoms with Gasteiger partial charge >= 0.3 is 0 Å². The van der Waals surface area contributed by atoms with Crippen molar-refractivity contribution in [2.45, 2.75) is 11.8 Å². The van der Waals surface area contributed by atoms with Gasteiger partial charge in [0.1, 0.15) is 11.5 Å². The van der Waals surface area contributed by atoms with Crippen molar-refractivity contribution < 1.29 is 22.5 Å². The van der Waals surface area contributed by atoms with Gasteiger partial charge in [-0.25, -0.2) is 12.8 Å². The van der Waals surface area contributed by atoms with Crippen LogP contribution in [0.4, 0.5) is 10.1 Å². The Morgan fingerprint density at radius 2 is 2.16 bits per heavy atom. The smallest absolute Gasteiger partial charge is 0.273 e. The van der Waals surface area contributed by atoms with Crippen molar-refractivity contribution in [3.8, 4) is 5.75 Å². The molecule has 1 rings (SSSR count). The minimum atomic E-state index is -4.37. The van der Waals surface area contributed by atoms with E-state index in [2.05, 4.69) is 0 Å². The first-order valence-electron chi connectivity index (χ1n) is 4.94. The van der Waals surface area contributed by atoms with E-state index < -0.39 is 36.1 Å². The zero-order valence-corrected chi connectivity index (χ0v) is 11.2. The van der Waals surface area contributed by atoms with Crippen molar-refractivity contribution in [2.24, 2.45) is 0 Å². The van der Waals surface area contributed by atoms with Gasteiger partial charge in [-0.1, -0.05) is 12.2 Å². The lowest BCUT2D eigenvalue weighted by Crippen LogP contribution is -2.04. The second kappa shape index (κ2) is 5.98. The highest BCUT2D eigenvalue weighted by Crippen LogP contribution is 2.33. The maximum absolute atomic E-state index is 13.7. The van der Waals surface area contributed by atoms with Crippen molar-refractivity contribution in [2.75, 3.05) is 6.61 Å². The van der Waals surface area contributed by atoms with Gasteiger partial charge in [0, 0.05) is 16.7 Å². The van der Waals surface area contributed by atoms with Gasteiger partial charge in [-0.3, -0.25) is 10.1 Å². The number of hydrogen-bond acceptors (Lipinski definition) is 5. The molecule has 0 bridgehead atoms. The normalized spacial score (nSPS) is 11.7. The maximum atomic E-state index is 13.7. The van der Waals surface area contributed by atoms with Gasteiger partial charge in [-0.05, 0) is 6.92 Å². The fraction of sp³-hybridized carbons (Fsp3) is 0.200. The first-order valence-corrected chi connectivity index (χ1v) is 7.25. The molecule has 0 aliphatic carbocycles. The molecule has 1 aromatic carbocycles. The van der Waals surface area contributed by atoms with Crippen LogP contribution in [0, 0.1) is 15.9 Å². The number of nitro benzene ring substituents is 1. The summed E-state index contributed by atoms with van der Waals surface area (Å²) >= 11 is 0. The van der Waals surface area contributed by atoms with Crippen molar-refractivity contribution in [3.05, 3.63) is 40.2 Å². The van der Waals surface area contributed by atoms with E-state index in [0.29, 0.717) is 12.1 Å².